The Bertz CT molecular complexity index is 935. The molecule has 0 fully saturated rings. The number of rotatable bonds is 10. The highest BCUT2D eigenvalue weighted by molar-refractivity contribution is 5.85. The average Bonchev–Trinajstić information content (AvgIpc) is 2.72. The minimum Gasteiger partial charge on any atom is -0.497 e. The fraction of sp³-hybridized carbons (Fsp3) is 0.417. The minimum absolute atomic E-state index is 0. The van der Waals surface area contributed by atoms with Crippen LogP contribution >= 0.6 is 12.4 Å². The van der Waals surface area contributed by atoms with Crippen molar-refractivity contribution in [2.45, 2.75) is 51.5 Å². The van der Waals surface area contributed by atoms with Crippen molar-refractivity contribution < 1.29 is 29.3 Å². The number of halogens is 1. The fourth-order valence-electron chi connectivity index (χ4n) is 3.18. The summed E-state index contributed by atoms with van der Waals surface area (Å²) in [7, 11) is 1.59. The molecule has 0 bridgehead atoms. The summed E-state index contributed by atoms with van der Waals surface area (Å²) in [5.41, 5.74) is 1.61. The molecule has 0 saturated heterocycles. The first-order valence-electron chi connectivity index (χ1n) is 10.7. The van der Waals surface area contributed by atoms with Crippen LogP contribution in [0.1, 0.15) is 31.9 Å². The molecule has 9 nitrogen and oxygen atoms in total. The van der Waals surface area contributed by atoms with Gasteiger partial charge in [-0.3, -0.25) is 5.32 Å². The molecule has 10 heteroatoms. The van der Waals surface area contributed by atoms with Gasteiger partial charge in [0.2, 0.25) is 0 Å². The van der Waals surface area contributed by atoms with E-state index in [2.05, 4.69) is 16.0 Å². The van der Waals surface area contributed by atoms with E-state index < -0.39 is 29.9 Å². The molecule has 188 valence electrons. The van der Waals surface area contributed by atoms with Gasteiger partial charge in [0.1, 0.15) is 11.4 Å². The fourth-order valence-corrected chi connectivity index (χ4v) is 3.18. The molecule has 2 rings (SSSR count). The highest BCUT2D eigenvalue weighted by atomic mass is 35.5. The summed E-state index contributed by atoms with van der Waals surface area (Å²) in [6.07, 6.45) is -2.55. The molecular weight excluding hydrogens is 462 g/mol. The van der Waals surface area contributed by atoms with E-state index in [-0.39, 0.29) is 25.4 Å². The molecular formula is C24H34ClN3O6. The van der Waals surface area contributed by atoms with Gasteiger partial charge in [0, 0.05) is 18.8 Å². The lowest BCUT2D eigenvalue weighted by Crippen LogP contribution is -2.48. The maximum atomic E-state index is 12.0. The molecule has 0 aliphatic heterocycles. The van der Waals surface area contributed by atoms with Crippen LogP contribution in [0.4, 0.5) is 15.3 Å². The molecule has 0 heterocycles. The molecule has 0 spiro atoms. The van der Waals surface area contributed by atoms with Crippen molar-refractivity contribution in [3.8, 4) is 5.75 Å². The van der Waals surface area contributed by atoms with Gasteiger partial charge in [-0.2, -0.15) is 0 Å². The maximum absolute atomic E-state index is 12.0. The Kier molecular flexibility index (Phi) is 11.6. The Labute approximate surface area is 206 Å². The Morgan fingerprint density at radius 3 is 2.38 bits per heavy atom. The van der Waals surface area contributed by atoms with Crippen LogP contribution in [-0.4, -0.2) is 53.8 Å². The van der Waals surface area contributed by atoms with Gasteiger partial charge in [-0.15, -0.1) is 12.4 Å². The predicted octanol–water partition coefficient (Wildman–Crippen LogP) is 3.79. The van der Waals surface area contributed by atoms with E-state index in [1.807, 2.05) is 24.3 Å². The van der Waals surface area contributed by atoms with Gasteiger partial charge in [0.05, 0.1) is 19.3 Å². The highest BCUT2D eigenvalue weighted by Crippen LogP contribution is 2.16. The molecule has 0 saturated carbocycles. The predicted molar refractivity (Wildman–Crippen MR) is 133 cm³/mol. The number of hydrogen-bond acceptors (Lipinski definition) is 6. The quantitative estimate of drug-likeness (QED) is 0.339. The van der Waals surface area contributed by atoms with Crippen molar-refractivity contribution in [3.63, 3.8) is 0 Å². The van der Waals surface area contributed by atoms with Gasteiger partial charge >= 0.3 is 12.2 Å². The zero-order valence-electron chi connectivity index (χ0n) is 19.8. The van der Waals surface area contributed by atoms with Gasteiger partial charge in [0.15, 0.2) is 0 Å². The summed E-state index contributed by atoms with van der Waals surface area (Å²) in [6.45, 7) is 5.99. The van der Waals surface area contributed by atoms with Crippen LogP contribution in [-0.2, 0) is 17.7 Å². The standard InChI is InChI=1S/C24H33N3O6.ClH/c1-24(2,3)33-23(31)26-18-9-5-7-16(11-18)13-20(27-22(29)30)21(28)15-25-14-17-8-6-10-19(12-17)32-4;/h5-12,20-21,25,27-28H,13-15H2,1-4H3,(H,26,31)(H,29,30);1H/t20-,21+;/m0./s1. The minimum atomic E-state index is -1.23. The topological polar surface area (TPSA) is 129 Å². The van der Waals surface area contributed by atoms with E-state index in [4.69, 9.17) is 9.47 Å². The van der Waals surface area contributed by atoms with Crippen molar-refractivity contribution in [2.75, 3.05) is 19.0 Å². The Hall–Kier alpha value is -3.01. The van der Waals surface area contributed by atoms with Crippen molar-refractivity contribution in [1.29, 1.82) is 0 Å². The molecule has 0 aliphatic rings. The third kappa shape index (κ3) is 10.7. The first kappa shape index (κ1) is 29.0. The van der Waals surface area contributed by atoms with Crippen LogP contribution in [0, 0.1) is 0 Å². The lowest BCUT2D eigenvalue weighted by molar-refractivity contribution is 0.0636. The summed E-state index contributed by atoms with van der Waals surface area (Å²) >= 11 is 0. The van der Waals surface area contributed by atoms with Crippen LogP contribution in [0.5, 0.6) is 5.75 Å². The van der Waals surface area contributed by atoms with E-state index in [0.29, 0.717) is 12.2 Å². The molecule has 0 aromatic heterocycles. The monoisotopic (exact) mass is 495 g/mol. The first-order valence-corrected chi connectivity index (χ1v) is 10.7. The number of benzene rings is 2. The number of aliphatic hydroxyl groups is 1. The van der Waals surface area contributed by atoms with Gasteiger partial charge < -0.3 is 30.3 Å². The Morgan fingerprint density at radius 1 is 1.06 bits per heavy atom. The number of anilines is 1. The molecule has 5 N–H and O–H groups in total. The molecule has 2 aromatic carbocycles. The number of carbonyl (C=O) groups is 2. The third-order valence-electron chi connectivity index (χ3n) is 4.62. The van der Waals surface area contributed by atoms with Crippen molar-refractivity contribution in [2.24, 2.45) is 0 Å². The van der Waals surface area contributed by atoms with Crippen LogP contribution in [0.15, 0.2) is 48.5 Å². The normalized spacial score (nSPS) is 12.6. The second-order valence-electron chi connectivity index (χ2n) is 8.64. The largest absolute Gasteiger partial charge is 0.497 e. The van der Waals surface area contributed by atoms with Crippen molar-refractivity contribution in [3.05, 3.63) is 59.7 Å². The molecule has 34 heavy (non-hydrogen) atoms. The van der Waals surface area contributed by atoms with Crippen LogP contribution in [0.3, 0.4) is 0 Å². The van der Waals surface area contributed by atoms with Crippen LogP contribution in [0.2, 0.25) is 0 Å². The lowest BCUT2D eigenvalue weighted by atomic mass is 10.0. The zero-order chi connectivity index (χ0) is 24.4. The number of nitrogens with one attached hydrogen (secondary N) is 3. The molecule has 0 aliphatic carbocycles. The van der Waals surface area contributed by atoms with E-state index in [1.165, 1.54) is 0 Å². The van der Waals surface area contributed by atoms with Gasteiger partial charge in [0.25, 0.3) is 0 Å². The Balaban J connectivity index is 0.00000578. The molecule has 2 aromatic rings. The van der Waals surface area contributed by atoms with Crippen molar-refractivity contribution in [1.82, 2.24) is 10.6 Å². The number of ether oxygens (including phenoxy) is 2. The molecule has 0 unspecified atom stereocenters. The smallest absolute Gasteiger partial charge is 0.412 e. The number of methoxy groups -OCH3 is 1. The van der Waals surface area contributed by atoms with Crippen LogP contribution in [0.25, 0.3) is 0 Å². The maximum Gasteiger partial charge on any atom is 0.412 e. The number of hydrogen-bond donors (Lipinski definition) is 5. The van der Waals surface area contributed by atoms with E-state index in [9.17, 15) is 19.8 Å². The summed E-state index contributed by atoms with van der Waals surface area (Å²) < 4.78 is 10.5. The summed E-state index contributed by atoms with van der Waals surface area (Å²) in [4.78, 5) is 23.3. The highest BCUT2D eigenvalue weighted by Gasteiger charge is 2.22. The molecule has 2 amide bonds. The Morgan fingerprint density at radius 2 is 1.74 bits per heavy atom. The number of carbonyl (C=O) groups excluding carboxylic acids is 1. The van der Waals surface area contributed by atoms with Gasteiger partial charge in [-0.1, -0.05) is 24.3 Å². The SMILES string of the molecule is COc1cccc(CNC[C@@H](O)[C@H](Cc2cccc(NC(=O)OC(C)(C)C)c2)NC(=O)O)c1.Cl. The summed E-state index contributed by atoms with van der Waals surface area (Å²) in [5, 5.41) is 28.0. The molecule has 0 radical (unpaired) electrons. The lowest BCUT2D eigenvalue weighted by Gasteiger charge is -2.24. The van der Waals surface area contributed by atoms with E-state index in [0.717, 1.165) is 16.9 Å². The average molecular weight is 496 g/mol. The third-order valence-corrected chi connectivity index (χ3v) is 4.62. The second kappa shape index (κ2) is 13.6. The summed E-state index contributed by atoms with van der Waals surface area (Å²) in [5.74, 6) is 0.736. The zero-order valence-corrected chi connectivity index (χ0v) is 20.6. The van der Waals surface area contributed by atoms with Crippen LogP contribution < -0.4 is 20.7 Å². The second-order valence-corrected chi connectivity index (χ2v) is 8.64. The number of carboxylic acid groups (broad SMARTS) is 1. The van der Waals surface area contributed by atoms with Gasteiger partial charge in [-0.05, 0) is 62.6 Å². The number of aliphatic hydroxyl groups excluding tert-OH is 1. The summed E-state index contributed by atoms with van der Waals surface area (Å²) in [6, 6.07) is 13.7. The van der Waals surface area contributed by atoms with Gasteiger partial charge in [-0.25, -0.2) is 9.59 Å². The van der Waals surface area contributed by atoms with Crippen molar-refractivity contribution >= 4 is 30.3 Å². The van der Waals surface area contributed by atoms with E-state index >= 15 is 0 Å². The molecule has 2 atom stereocenters. The number of amides is 2. The van der Waals surface area contributed by atoms with E-state index in [1.54, 1.807) is 52.1 Å². The first-order chi connectivity index (χ1) is 15.6.